The summed E-state index contributed by atoms with van der Waals surface area (Å²) in [5, 5.41) is 11.3. The van der Waals surface area contributed by atoms with E-state index < -0.39 is 23.7 Å². The van der Waals surface area contributed by atoms with Crippen LogP contribution in [0.2, 0.25) is 0 Å². The normalized spacial score (nSPS) is 17.2. The number of aliphatic hydroxyl groups excluding tert-OH is 1. The van der Waals surface area contributed by atoms with Crippen LogP contribution in [-0.4, -0.2) is 66.4 Å². The molecule has 1 aliphatic rings. The summed E-state index contributed by atoms with van der Waals surface area (Å²) in [5.74, 6) is -0.681. The fourth-order valence-electron chi connectivity index (χ4n) is 4.02. The van der Waals surface area contributed by atoms with Crippen molar-refractivity contribution < 1.29 is 29.0 Å². The molecule has 0 radical (unpaired) electrons. The van der Waals surface area contributed by atoms with Gasteiger partial charge in [0.1, 0.15) is 17.3 Å². The number of likely N-dealkylation sites (tertiary alicyclic amines) is 1. The standard InChI is InChI=1S/C28H34N2O6/c1-17(2)16-35-23-12-9-21(15-18(23)3)26(32)24-25(20-7-10-22(11-8-20)36-19(4)31)30(14-13-29(5)6)28(34)27(24)33/h7-12,15,17,25,32H,13-14,16H2,1-6H3/b26-24-. The molecule has 1 saturated heterocycles. The zero-order valence-corrected chi connectivity index (χ0v) is 21.7. The highest BCUT2D eigenvalue weighted by Gasteiger charge is 2.45. The van der Waals surface area contributed by atoms with Gasteiger partial charge in [-0.1, -0.05) is 26.0 Å². The molecule has 0 aliphatic carbocycles. The van der Waals surface area contributed by atoms with Crippen molar-refractivity contribution in [2.24, 2.45) is 5.92 Å². The minimum absolute atomic E-state index is 0.0224. The Morgan fingerprint density at radius 3 is 2.33 bits per heavy atom. The van der Waals surface area contributed by atoms with Gasteiger partial charge in [-0.15, -0.1) is 0 Å². The molecule has 3 rings (SSSR count). The van der Waals surface area contributed by atoms with Gasteiger partial charge in [0.2, 0.25) is 0 Å². The largest absolute Gasteiger partial charge is 0.507 e. The van der Waals surface area contributed by atoms with Gasteiger partial charge in [0.25, 0.3) is 11.7 Å². The summed E-state index contributed by atoms with van der Waals surface area (Å²) in [5.41, 5.74) is 1.88. The Hall–Kier alpha value is -3.65. The summed E-state index contributed by atoms with van der Waals surface area (Å²) in [4.78, 5) is 40.9. The number of amides is 1. The van der Waals surface area contributed by atoms with Crippen molar-refractivity contribution in [1.29, 1.82) is 0 Å². The lowest BCUT2D eigenvalue weighted by molar-refractivity contribution is -0.140. The Morgan fingerprint density at radius 1 is 1.11 bits per heavy atom. The Bertz CT molecular complexity index is 1170. The average molecular weight is 495 g/mol. The van der Waals surface area contributed by atoms with Crippen molar-refractivity contribution in [3.8, 4) is 11.5 Å². The fraction of sp³-hybridized carbons (Fsp3) is 0.393. The highest BCUT2D eigenvalue weighted by molar-refractivity contribution is 6.46. The van der Waals surface area contributed by atoms with Crippen LogP contribution in [0.25, 0.3) is 5.76 Å². The number of hydrogen-bond acceptors (Lipinski definition) is 7. The first-order valence-corrected chi connectivity index (χ1v) is 11.9. The zero-order valence-electron chi connectivity index (χ0n) is 21.7. The number of ether oxygens (including phenoxy) is 2. The molecule has 8 nitrogen and oxygen atoms in total. The Labute approximate surface area is 212 Å². The maximum absolute atomic E-state index is 13.2. The second-order valence-corrected chi connectivity index (χ2v) is 9.64. The Morgan fingerprint density at radius 2 is 1.78 bits per heavy atom. The molecule has 192 valence electrons. The summed E-state index contributed by atoms with van der Waals surface area (Å²) in [6.07, 6.45) is 0. The predicted molar refractivity (Wildman–Crippen MR) is 137 cm³/mol. The number of esters is 1. The third-order valence-electron chi connectivity index (χ3n) is 5.81. The molecular weight excluding hydrogens is 460 g/mol. The van der Waals surface area contributed by atoms with Crippen molar-refractivity contribution in [3.63, 3.8) is 0 Å². The van der Waals surface area contributed by atoms with Crippen molar-refractivity contribution in [3.05, 3.63) is 64.7 Å². The lowest BCUT2D eigenvalue weighted by Crippen LogP contribution is -2.35. The van der Waals surface area contributed by atoms with Crippen LogP contribution in [0.15, 0.2) is 48.0 Å². The number of ketones is 1. The number of likely N-dealkylation sites (N-methyl/N-ethyl adjacent to an activating group) is 1. The Kier molecular flexibility index (Phi) is 8.53. The van der Waals surface area contributed by atoms with E-state index in [2.05, 4.69) is 13.8 Å². The number of rotatable bonds is 9. The van der Waals surface area contributed by atoms with E-state index in [1.165, 1.54) is 11.8 Å². The van der Waals surface area contributed by atoms with Gasteiger partial charge < -0.3 is 24.4 Å². The van der Waals surface area contributed by atoms with Gasteiger partial charge in [-0.3, -0.25) is 14.4 Å². The van der Waals surface area contributed by atoms with Crippen LogP contribution in [-0.2, 0) is 14.4 Å². The van der Waals surface area contributed by atoms with Gasteiger partial charge in [0, 0.05) is 25.6 Å². The van der Waals surface area contributed by atoms with E-state index in [9.17, 15) is 19.5 Å². The molecule has 36 heavy (non-hydrogen) atoms. The third kappa shape index (κ3) is 6.12. The number of carbonyl (C=O) groups excluding carboxylic acids is 3. The van der Waals surface area contributed by atoms with Gasteiger partial charge in [-0.2, -0.15) is 0 Å². The molecule has 8 heteroatoms. The number of Topliss-reactive ketones (excluding diaryl/α,β-unsaturated/α-hetero) is 1. The molecule has 0 spiro atoms. The first kappa shape index (κ1) is 26.9. The summed E-state index contributed by atoms with van der Waals surface area (Å²) >= 11 is 0. The molecule has 1 aliphatic heterocycles. The maximum Gasteiger partial charge on any atom is 0.308 e. The van der Waals surface area contributed by atoms with Crippen LogP contribution in [0.4, 0.5) is 0 Å². The summed E-state index contributed by atoms with van der Waals surface area (Å²) in [6, 6.07) is 11.0. The minimum atomic E-state index is -0.784. The van der Waals surface area contributed by atoms with Crippen molar-refractivity contribution in [2.45, 2.75) is 33.7 Å². The van der Waals surface area contributed by atoms with Crippen molar-refractivity contribution in [2.75, 3.05) is 33.8 Å². The SMILES string of the molecule is CC(=O)Oc1ccc(C2/C(=C(/O)c3ccc(OCC(C)C)c(C)c3)C(=O)C(=O)N2CCN(C)C)cc1. The van der Waals surface area contributed by atoms with Crippen LogP contribution in [0.1, 0.15) is 43.5 Å². The summed E-state index contributed by atoms with van der Waals surface area (Å²) in [6.45, 7) is 8.69. The first-order chi connectivity index (χ1) is 17.0. The topological polar surface area (TPSA) is 96.4 Å². The van der Waals surface area contributed by atoms with Crippen LogP contribution < -0.4 is 9.47 Å². The van der Waals surface area contributed by atoms with Crippen LogP contribution in [0.3, 0.4) is 0 Å². The second kappa shape index (κ2) is 11.4. The van der Waals surface area contributed by atoms with Crippen LogP contribution in [0.5, 0.6) is 11.5 Å². The molecule has 2 aromatic rings. The zero-order chi connectivity index (χ0) is 26.6. The predicted octanol–water partition coefficient (Wildman–Crippen LogP) is 3.94. The van der Waals surface area contributed by atoms with E-state index in [4.69, 9.17) is 9.47 Å². The molecule has 0 saturated carbocycles. The van der Waals surface area contributed by atoms with Crippen molar-refractivity contribution >= 4 is 23.4 Å². The van der Waals surface area contributed by atoms with Gasteiger partial charge >= 0.3 is 5.97 Å². The Balaban J connectivity index is 2.06. The maximum atomic E-state index is 13.2. The van der Waals surface area contributed by atoms with Gasteiger partial charge in [0.15, 0.2) is 0 Å². The lowest BCUT2D eigenvalue weighted by atomic mass is 9.94. The van der Waals surface area contributed by atoms with E-state index in [-0.39, 0.29) is 11.3 Å². The fourth-order valence-corrected chi connectivity index (χ4v) is 4.02. The molecule has 2 aromatic carbocycles. The summed E-state index contributed by atoms with van der Waals surface area (Å²) in [7, 11) is 3.76. The summed E-state index contributed by atoms with van der Waals surface area (Å²) < 4.78 is 10.9. The highest BCUT2D eigenvalue weighted by Crippen LogP contribution is 2.40. The smallest absolute Gasteiger partial charge is 0.308 e. The van der Waals surface area contributed by atoms with Gasteiger partial charge in [-0.05, 0) is 68.4 Å². The molecular formula is C28H34N2O6. The van der Waals surface area contributed by atoms with E-state index in [0.29, 0.717) is 48.2 Å². The number of benzene rings is 2. The van der Waals surface area contributed by atoms with E-state index in [1.54, 1.807) is 42.5 Å². The molecule has 1 fully saturated rings. The van der Waals surface area contributed by atoms with E-state index in [1.807, 2.05) is 25.9 Å². The van der Waals surface area contributed by atoms with Crippen LogP contribution >= 0.6 is 0 Å². The lowest BCUT2D eigenvalue weighted by Gasteiger charge is -2.26. The van der Waals surface area contributed by atoms with Gasteiger partial charge in [-0.25, -0.2) is 0 Å². The first-order valence-electron chi connectivity index (χ1n) is 11.9. The second-order valence-electron chi connectivity index (χ2n) is 9.64. The van der Waals surface area contributed by atoms with E-state index in [0.717, 1.165) is 5.56 Å². The number of nitrogens with zero attached hydrogens (tertiary/aromatic N) is 2. The molecule has 0 aromatic heterocycles. The van der Waals surface area contributed by atoms with Crippen LogP contribution in [0, 0.1) is 12.8 Å². The highest BCUT2D eigenvalue weighted by atomic mass is 16.5. The van der Waals surface area contributed by atoms with Gasteiger partial charge in [0.05, 0.1) is 18.2 Å². The molecule has 1 amide bonds. The minimum Gasteiger partial charge on any atom is -0.507 e. The molecule has 1 atom stereocenters. The quantitative estimate of drug-likeness (QED) is 0.185. The molecule has 0 bridgehead atoms. The monoisotopic (exact) mass is 494 g/mol. The number of aryl methyl sites for hydroxylation is 1. The average Bonchev–Trinajstić information content (AvgIpc) is 3.06. The number of hydrogen-bond donors (Lipinski definition) is 1. The third-order valence-corrected chi connectivity index (χ3v) is 5.81. The number of aliphatic hydroxyl groups is 1. The van der Waals surface area contributed by atoms with E-state index >= 15 is 0 Å². The molecule has 1 unspecified atom stereocenters. The molecule has 1 N–H and O–H groups in total. The number of carbonyl (C=O) groups is 3. The van der Waals surface area contributed by atoms with Crippen molar-refractivity contribution in [1.82, 2.24) is 9.80 Å². The molecule has 1 heterocycles.